The van der Waals surface area contributed by atoms with E-state index in [1.165, 1.54) is 4.90 Å². The Bertz CT molecular complexity index is 1220. The molecular weight excluding hydrogens is 464 g/mol. The molecule has 2 aliphatic heterocycles. The van der Waals surface area contributed by atoms with Crippen LogP contribution >= 0.6 is 0 Å². The van der Waals surface area contributed by atoms with Gasteiger partial charge in [0.25, 0.3) is 5.91 Å². The van der Waals surface area contributed by atoms with Crippen molar-refractivity contribution in [2.24, 2.45) is 29.4 Å². The Labute approximate surface area is 208 Å². The third-order valence-corrected chi connectivity index (χ3v) is 8.56. The number of hydrogen-bond donors (Lipinski definition) is 4. The Balaban J connectivity index is 1.62. The minimum atomic E-state index is -1.62. The number of nitrogens with one attached hydrogen (secondary N) is 2. The van der Waals surface area contributed by atoms with E-state index < -0.39 is 41.6 Å². The van der Waals surface area contributed by atoms with Gasteiger partial charge < -0.3 is 30.8 Å². The molecule has 10 nitrogen and oxygen atoms in total. The maximum atomic E-state index is 14.1. The van der Waals surface area contributed by atoms with Gasteiger partial charge in [-0.2, -0.15) is 0 Å². The Morgan fingerprint density at radius 2 is 2.08 bits per heavy atom. The first-order valence-electron chi connectivity index (χ1n) is 12.5. The summed E-state index contributed by atoms with van der Waals surface area (Å²) in [5, 5.41) is 13.4. The number of aliphatic hydroxyl groups excluding tert-OH is 1. The molecule has 3 heterocycles. The van der Waals surface area contributed by atoms with Crippen LogP contribution in [0.5, 0.6) is 5.75 Å². The van der Waals surface area contributed by atoms with Gasteiger partial charge in [-0.1, -0.05) is 12.5 Å². The van der Waals surface area contributed by atoms with E-state index in [0.29, 0.717) is 30.7 Å². The Hall–Kier alpha value is -3.40. The van der Waals surface area contributed by atoms with Crippen LogP contribution in [0, 0.1) is 23.7 Å². The molecule has 3 aliphatic rings. The molecule has 3 amide bonds. The van der Waals surface area contributed by atoms with E-state index in [2.05, 4.69) is 10.3 Å². The second kappa shape index (κ2) is 9.24. The molecule has 5 rings (SSSR count). The largest absolute Gasteiger partial charge is 0.496 e. The van der Waals surface area contributed by atoms with E-state index in [-0.39, 0.29) is 36.4 Å². The number of ketones is 1. The first-order valence-corrected chi connectivity index (χ1v) is 12.5. The molecule has 2 saturated heterocycles. The summed E-state index contributed by atoms with van der Waals surface area (Å²) in [4.78, 5) is 57.8. The van der Waals surface area contributed by atoms with Gasteiger partial charge >= 0.3 is 0 Å². The van der Waals surface area contributed by atoms with Gasteiger partial charge in [0, 0.05) is 29.9 Å². The van der Waals surface area contributed by atoms with E-state index in [1.807, 2.05) is 12.1 Å². The molecule has 1 aliphatic carbocycles. The summed E-state index contributed by atoms with van der Waals surface area (Å²) < 4.78 is 5.43. The van der Waals surface area contributed by atoms with Gasteiger partial charge in [0.05, 0.1) is 13.0 Å². The first-order chi connectivity index (χ1) is 17.3. The molecule has 0 bridgehead atoms. The molecule has 0 spiro atoms. The highest BCUT2D eigenvalue weighted by Gasteiger charge is 2.65. The zero-order chi connectivity index (χ0) is 25.6. The van der Waals surface area contributed by atoms with Gasteiger partial charge in [0.15, 0.2) is 5.78 Å². The van der Waals surface area contributed by atoms with Gasteiger partial charge in [0.2, 0.25) is 11.8 Å². The number of carbonyl (C=O) groups is 4. The number of aromatic amines is 1. The van der Waals surface area contributed by atoms with Crippen LogP contribution < -0.4 is 15.8 Å². The Morgan fingerprint density at radius 3 is 2.75 bits per heavy atom. The van der Waals surface area contributed by atoms with E-state index >= 15 is 0 Å². The number of primary amides is 1. The molecule has 1 aromatic carbocycles. The number of aromatic nitrogens is 1. The first kappa shape index (κ1) is 24.3. The highest BCUT2D eigenvalue weighted by Crippen LogP contribution is 2.53. The predicted molar refractivity (Wildman–Crippen MR) is 130 cm³/mol. The van der Waals surface area contributed by atoms with E-state index in [4.69, 9.17) is 10.5 Å². The normalized spacial score (nSPS) is 28.2. The lowest BCUT2D eigenvalue weighted by Crippen LogP contribution is -2.66. The van der Waals surface area contributed by atoms with Gasteiger partial charge in [-0.3, -0.25) is 19.2 Å². The lowest BCUT2D eigenvalue weighted by molar-refractivity contribution is -0.144. The molecule has 2 aromatic rings. The molecule has 1 aromatic heterocycles. The monoisotopic (exact) mass is 496 g/mol. The van der Waals surface area contributed by atoms with Crippen molar-refractivity contribution in [2.45, 2.75) is 37.6 Å². The number of hydrogen-bond acceptors (Lipinski definition) is 6. The molecule has 3 fully saturated rings. The molecule has 5 atom stereocenters. The zero-order valence-electron chi connectivity index (χ0n) is 20.3. The summed E-state index contributed by atoms with van der Waals surface area (Å²) >= 11 is 0. The summed E-state index contributed by atoms with van der Waals surface area (Å²) in [6.07, 6.45) is 2.90. The fraction of sp³-hybridized carbons (Fsp3) is 0.538. The number of H-pyrrole nitrogens is 1. The maximum Gasteiger partial charge on any atom is 0.271 e. The van der Waals surface area contributed by atoms with Crippen LogP contribution in [0.1, 0.15) is 42.6 Å². The summed E-state index contributed by atoms with van der Waals surface area (Å²) in [5.41, 5.74) is 5.46. The SMILES string of the molecule is COc1cccc2[nH]c(C(=O)N3CC4CCCC4C3(C(N)=O)[C@H](C[C@H]3CCNC3=O)C(=O)CO)cc12. The lowest BCUT2D eigenvalue weighted by Gasteiger charge is -2.45. The zero-order valence-corrected chi connectivity index (χ0v) is 20.3. The van der Waals surface area contributed by atoms with Crippen molar-refractivity contribution in [3.63, 3.8) is 0 Å². The fourth-order valence-corrected chi connectivity index (χ4v) is 6.99. The average molecular weight is 497 g/mol. The fourth-order valence-electron chi connectivity index (χ4n) is 6.99. The molecular formula is C26H32N4O6. The van der Waals surface area contributed by atoms with Crippen LogP contribution in [0.15, 0.2) is 24.3 Å². The van der Waals surface area contributed by atoms with Crippen LogP contribution in [0.2, 0.25) is 0 Å². The Kier molecular flexibility index (Phi) is 6.23. The van der Waals surface area contributed by atoms with Crippen molar-refractivity contribution >= 4 is 34.4 Å². The smallest absolute Gasteiger partial charge is 0.271 e. The topological polar surface area (TPSA) is 155 Å². The maximum absolute atomic E-state index is 14.1. The minimum absolute atomic E-state index is 0.00626. The number of aliphatic hydroxyl groups is 1. The van der Waals surface area contributed by atoms with Crippen molar-refractivity contribution in [3.8, 4) is 5.75 Å². The molecule has 5 N–H and O–H groups in total. The Morgan fingerprint density at radius 1 is 1.28 bits per heavy atom. The van der Waals surface area contributed by atoms with E-state index in [1.54, 1.807) is 19.2 Å². The number of nitrogens with zero attached hydrogens (tertiary/aromatic N) is 1. The summed E-state index contributed by atoms with van der Waals surface area (Å²) in [6.45, 7) is -0.0270. The number of fused-ring (bicyclic) bond motifs is 2. The summed E-state index contributed by atoms with van der Waals surface area (Å²) in [5.74, 6) is -3.24. The molecule has 192 valence electrons. The van der Waals surface area contributed by atoms with Crippen LogP contribution in [-0.2, 0) is 14.4 Å². The second-order valence-electron chi connectivity index (χ2n) is 10.2. The number of nitrogens with two attached hydrogens (primary N) is 1. The highest BCUT2D eigenvalue weighted by molar-refractivity contribution is 6.05. The number of likely N-dealkylation sites (tertiary alicyclic amines) is 1. The predicted octanol–water partition coefficient (Wildman–Crippen LogP) is 0.977. The molecule has 0 radical (unpaired) electrons. The third kappa shape index (κ3) is 3.57. The average Bonchev–Trinajstić information content (AvgIpc) is 3.64. The van der Waals surface area contributed by atoms with Crippen LogP contribution in [0.25, 0.3) is 10.9 Å². The van der Waals surface area contributed by atoms with Crippen molar-refractivity contribution in [1.29, 1.82) is 0 Å². The standard InChI is InChI=1S/C26H32N4O6/c1-36-22-7-3-6-19-16(22)11-20(29-19)24(34)30-12-15-4-2-5-17(15)26(30,25(27)35)18(21(32)13-31)10-14-8-9-28-23(14)33/h3,6-7,11,14-15,17-18,29,31H,2,4-5,8-10,12-13H2,1H3,(H2,27,35)(H,28,33)/t14-,15?,17?,18-,26?/m1/s1. The third-order valence-electron chi connectivity index (χ3n) is 8.56. The summed E-state index contributed by atoms with van der Waals surface area (Å²) in [6, 6.07) is 7.11. The van der Waals surface area contributed by atoms with E-state index in [0.717, 1.165) is 18.2 Å². The molecule has 3 unspecified atom stereocenters. The van der Waals surface area contributed by atoms with Crippen LogP contribution in [-0.4, -0.2) is 70.8 Å². The number of rotatable bonds is 8. The van der Waals surface area contributed by atoms with Crippen molar-refractivity contribution in [2.75, 3.05) is 26.8 Å². The van der Waals surface area contributed by atoms with Gasteiger partial charge in [-0.25, -0.2) is 0 Å². The van der Waals surface area contributed by atoms with Crippen LogP contribution in [0.3, 0.4) is 0 Å². The number of carbonyl (C=O) groups excluding carboxylic acids is 4. The highest BCUT2D eigenvalue weighted by atomic mass is 16.5. The van der Waals surface area contributed by atoms with Gasteiger partial charge in [-0.05, 0) is 55.7 Å². The van der Waals surface area contributed by atoms with Crippen LogP contribution in [0.4, 0.5) is 0 Å². The van der Waals surface area contributed by atoms with Crippen molar-refractivity contribution < 1.29 is 29.0 Å². The molecule has 1 saturated carbocycles. The number of methoxy groups -OCH3 is 1. The van der Waals surface area contributed by atoms with Crippen molar-refractivity contribution in [3.05, 3.63) is 30.0 Å². The summed E-state index contributed by atoms with van der Waals surface area (Å²) in [7, 11) is 1.55. The number of benzene rings is 1. The van der Waals surface area contributed by atoms with E-state index in [9.17, 15) is 24.3 Å². The second-order valence-corrected chi connectivity index (χ2v) is 10.2. The van der Waals surface area contributed by atoms with Crippen molar-refractivity contribution in [1.82, 2.24) is 15.2 Å². The minimum Gasteiger partial charge on any atom is -0.496 e. The van der Waals surface area contributed by atoms with Gasteiger partial charge in [-0.15, -0.1) is 0 Å². The lowest BCUT2D eigenvalue weighted by atomic mass is 9.67. The molecule has 36 heavy (non-hydrogen) atoms. The quantitative estimate of drug-likeness (QED) is 0.427. The molecule has 10 heteroatoms. The number of amides is 3. The number of Topliss-reactive ketones (excluding diaryl/α,β-unsaturated/α-hetero) is 1. The number of ether oxygens (including phenoxy) is 1. The van der Waals surface area contributed by atoms with Gasteiger partial charge in [0.1, 0.15) is 23.6 Å².